The summed E-state index contributed by atoms with van der Waals surface area (Å²) < 4.78 is 13.8. The van der Waals surface area contributed by atoms with Crippen molar-refractivity contribution < 1.29 is 9.18 Å². The normalized spacial score (nSPS) is 12.5. The lowest BCUT2D eigenvalue weighted by Gasteiger charge is -2.30. The van der Waals surface area contributed by atoms with Gasteiger partial charge in [-0.05, 0) is 31.9 Å². The number of hydrogen-bond acceptors (Lipinski definition) is 2. The number of rotatable bonds is 6. The highest BCUT2D eigenvalue weighted by atomic mass is 35.5. The average molecular weight is 337 g/mol. The molecule has 0 spiro atoms. The van der Waals surface area contributed by atoms with Crippen LogP contribution in [0.4, 0.5) is 4.39 Å². The molecular formula is C15H23Cl2FN2O. The summed E-state index contributed by atoms with van der Waals surface area (Å²) in [4.78, 5) is 12.4. The Morgan fingerprint density at radius 2 is 2.00 bits per heavy atom. The Balaban J connectivity index is 0.00000400. The first-order chi connectivity index (χ1) is 9.41. The van der Waals surface area contributed by atoms with Gasteiger partial charge in [-0.3, -0.25) is 4.79 Å². The summed E-state index contributed by atoms with van der Waals surface area (Å²) >= 11 is 6.01. The first-order valence-corrected chi connectivity index (χ1v) is 7.24. The van der Waals surface area contributed by atoms with Crippen LogP contribution in [0.25, 0.3) is 0 Å². The summed E-state index contributed by atoms with van der Waals surface area (Å²) in [5.41, 5.74) is 5.44. The Kier molecular flexibility index (Phi) is 8.22. The Bertz CT molecular complexity index is 450. The van der Waals surface area contributed by atoms with E-state index in [1.54, 1.807) is 13.0 Å². The Hall–Kier alpha value is -0.840. The SMILES string of the molecule is CCC(CC)(CN)C(=O)NC(C)c1c(F)cccc1Cl.Cl. The van der Waals surface area contributed by atoms with Gasteiger partial charge in [0.25, 0.3) is 0 Å². The lowest BCUT2D eigenvalue weighted by atomic mass is 9.81. The quantitative estimate of drug-likeness (QED) is 0.829. The van der Waals surface area contributed by atoms with Crippen LogP contribution < -0.4 is 11.1 Å². The van der Waals surface area contributed by atoms with Gasteiger partial charge in [0.15, 0.2) is 0 Å². The van der Waals surface area contributed by atoms with Crippen molar-refractivity contribution in [3.05, 3.63) is 34.6 Å². The number of carbonyl (C=O) groups excluding carboxylic acids is 1. The summed E-state index contributed by atoms with van der Waals surface area (Å²) in [6, 6.07) is 3.98. The van der Waals surface area contributed by atoms with Crippen molar-refractivity contribution >= 4 is 29.9 Å². The van der Waals surface area contributed by atoms with Gasteiger partial charge in [0, 0.05) is 17.1 Å². The molecule has 0 heterocycles. The van der Waals surface area contributed by atoms with Gasteiger partial charge in [0.2, 0.25) is 5.91 Å². The highest BCUT2D eigenvalue weighted by molar-refractivity contribution is 6.31. The molecule has 0 bridgehead atoms. The van der Waals surface area contributed by atoms with Crippen LogP contribution in [-0.4, -0.2) is 12.5 Å². The Morgan fingerprint density at radius 1 is 1.43 bits per heavy atom. The molecule has 6 heteroatoms. The number of hydrogen-bond donors (Lipinski definition) is 2. The molecule has 0 aliphatic carbocycles. The van der Waals surface area contributed by atoms with Crippen LogP contribution in [0.5, 0.6) is 0 Å². The highest BCUT2D eigenvalue weighted by Gasteiger charge is 2.34. The number of nitrogens with two attached hydrogens (primary N) is 1. The maximum Gasteiger partial charge on any atom is 0.227 e. The van der Waals surface area contributed by atoms with Gasteiger partial charge >= 0.3 is 0 Å². The predicted octanol–water partition coefficient (Wildman–Crippen LogP) is 3.84. The van der Waals surface area contributed by atoms with Crippen LogP contribution in [0, 0.1) is 11.2 Å². The zero-order valence-electron chi connectivity index (χ0n) is 12.6. The van der Waals surface area contributed by atoms with Gasteiger partial charge in [0.1, 0.15) is 5.82 Å². The molecule has 0 saturated heterocycles. The molecular weight excluding hydrogens is 314 g/mol. The lowest BCUT2D eigenvalue weighted by molar-refractivity contribution is -0.131. The van der Waals surface area contributed by atoms with Crippen LogP contribution in [-0.2, 0) is 4.79 Å². The third kappa shape index (κ3) is 4.31. The first kappa shape index (κ1) is 20.2. The van der Waals surface area contributed by atoms with Crippen LogP contribution in [0.2, 0.25) is 5.02 Å². The molecule has 1 aromatic carbocycles. The zero-order valence-corrected chi connectivity index (χ0v) is 14.2. The lowest BCUT2D eigenvalue weighted by Crippen LogP contribution is -2.46. The minimum Gasteiger partial charge on any atom is -0.349 e. The smallest absolute Gasteiger partial charge is 0.227 e. The van der Waals surface area contributed by atoms with E-state index in [4.69, 9.17) is 17.3 Å². The molecule has 0 fully saturated rings. The fraction of sp³-hybridized carbons (Fsp3) is 0.533. The number of halogens is 3. The van der Waals surface area contributed by atoms with Crippen molar-refractivity contribution in [2.45, 2.75) is 39.7 Å². The second-order valence-corrected chi connectivity index (χ2v) is 5.43. The van der Waals surface area contributed by atoms with E-state index >= 15 is 0 Å². The summed E-state index contributed by atoms with van der Waals surface area (Å²) in [6.45, 7) is 5.84. The molecule has 3 N–H and O–H groups in total. The molecule has 1 rings (SSSR count). The zero-order chi connectivity index (χ0) is 15.3. The van der Waals surface area contributed by atoms with Gasteiger partial charge in [0.05, 0.1) is 11.5 Å². The molecule has 0 radical (unpaired) electrons. The molecule has 3 nitrogen and oxygen atoms in total. The van der Waals surface area contributed by atoms with E-state index in [0.717, 1.165) is 0 Å². The van der Waals surface area contributed by atoms with Crippen LogP contribution in [0.3, 0.4) is 0 Å². The summed E-state index contributed by atoms with van der Waals surface area (Å²) in [7, 11) is 0. The fourth-order valence-electron chi connectivity index (χ4n) is 2.30. The average Bonchev–Trinajstić information content (AvgIpc) is 2.41. The Labute approximate surface area is 136 Å². The van der Waals surface area contributed by atoms with Crippen molar-refractivity contribution in [2.75, 3.05) is 6.54 Å². The third-order valence-corrected chi connectivity index (χ3v) is 4.34. The summed E-state index contributed by atoms with van der Waals surface area (Å²) in [5, 5.41) is 3.14. The molecule has 0 saturated carbocycles. The van der Waals surface area contributed by atoms with E-state index in [-0.39, 0.29) is 24.9 Å². The van der Waals surface area contributed by atoms with Crippen molar-refractivity contribution in [3.8, 4) is 0 Å². The molecule has 1 atom stereocenters. The minimum atomic E-state index is -0.605. The van der Waals surface area contributed by atoms with E-state index in [0.29, 0.717) is 23.4 Å². The second kappa shape index (κ2) is 8.57. The molecule has 0 aliphatic heterocycles. The molecule has 1 aromatic rings. The number of carbonyl (C=O) groups is 1. The van der Waals surface area contributed by atoms with E-state index in [1.165, 1.54) is 12.1 Å². The monoisotopic (exact) mass is 336 g/mol. The predicted molar refractivity (Wildman–Crippen MR) is 87.3 cm³/mol. The first-order valence-electron chi connectivity index (χ1n) is 6.86. The molecule has 0 aliphatic rings. The van der Waals surface area contributed by atoms with Crippen molar-refractivity contribution in [2.24, 2.45) is 11.1 Å². The molecule has 0 aromatic heterocycles. The number of nitrogens with one attached hydrogen (secondary N) is 1. The van der Waals surface area contributed by atoms with Gasteiger partial charge < -0.3 is 11.1 Å². The molecule has 1 amide bonds. The minimum absolute atomic E-state index is 0. The molecule has 1 unspecified atom stereocenters. The number of amides is 1. The fourth-order valence-corrected chi connectivity index (χ4v) is 2.63. The summed E-state index contributed by atoms with van der Waals surface area (Å²) in [6.07, 6.45) is 1.28. The van der Waals surface area contributed by atoms with Gasteiger partial charge in [-0.15, -0.1) is 12.4 Å². The maximum atomic E-state index is 13.8. The van der Waals surface area contributed by atoms with Crippen molar-refractivity contribution in [1.82, 2.24) is 5.32 Å². The van der Waals surface area contributed by atoms with Gasteiger partial charge in [-0.25, -0.2) is 4.39 Å². The van der Waals surface area contributed by atoms with Crippen LogP contribution in [0.1, 0.15) is 45.2 Å². The third-order valence-electron chi connectivity index (χ3n) is 4.01. The number of benzene rings is 1. The van der Waals surface area contributed by atoms with E-state index in [1.807, 2.05) is 13.8 Å². The highest BCUT2D eigenvalue weighted by Crippen LogP contribution is 2.29. The molecule has 21 heavy (non-hydrogen) atoms. The van der Waals surface area contributed by atoms with Gasteiger partial charge in [-0.1, -0.05) is 31.5 Å². The second-order valence-electron chi connectivity index (χ2n) is 5.02. The van der Waals surface area contributed by atoms with Crippen LogP contribution >= 0.6 is 24.0 Å². The van der Waals surface area contributed by atoms with E-state index in [9.17, 15) is 9.18 Å². The van der Waals surface area contributed by atoms with Crippen molar-refractivity contribution in [1.29, 1.82) is 0 Å². The van der Waals surface area contributed by atoms with E-state index < -0.39 is 17.3 Å². The van der Waals surface area contributed by atoms with E-state index in [2.05, 4.69) is 5.32 Å². The summed E-state index contributed by atoms with van der Waals surface area (Å²) in [5.74, 6) is -0.575. The largest absolute Gasteiger partial charge is 0.349 e. The Morgan fingerprint density at radius 3 is 2.43 bits per heavy atom. The van der Waals surface area contributed by atoms with Crippen molar-refractivity contribution in [3.63, 3.8) is 0 Å². The van der Waals surface area contributed by atoms with Crippen LogP contribution in [0.15, 0.2) is 18.2 Å². The molecule has 120 valence electrons. The maximum absolute atomic E-state index is 13.8. The standard InChI is InChI=1S/C15H22ClFN2O.ClH/c1-4-15(5-2,9-18)14(20)19-10(3)13-11(16)7-6-8-12(13)17;/h6-8,10H,4-5,9,18H2,1-3H3,(H,19,20);1H. The topological polar surface area (TPSA) is 55.1 Å². The van der Waals surface area contributed by atoms with Gasteiger partial charge in [-0.2, -0.15) is 0 Å².